The third-order valence-electron chi connectivity index (χ3n) is 2.51. The molecule has 20 heavy (non-hydrogen) atoms. The van der Waals surface area contributed by atoms with E-state index in [0.717, 1.165) is 0 Å². The molecule has 0 atom stereocenters. The summed E-state index contributed by atoms with van der Waals surface area (Å²) in [4.78, 5) is 11.9. The van der Waals surface area contributed by atoms with Gasteiger partial charge in [0, 0.05) is 20.2 Å². The lowest BCUT2D eigenvalue weighted by Gasteiger charge is -2.07. The van der Waals surface area contributed by atoms with E-state index in [4.69, 9.17) is 23.2 Å². The maximum atomic E-state index is 13.6. The lowest BCUT2D eigenvalue weighted by molar-refractivity contribution is -0.115. The fourth-order valence-corrected chi connectivity index (χ4v) is 2.62. The normalized spacial score (nSPS) is 10.4. The van der Waals surface area contributed by atoms with E-state index in [1.165, 1.54) is 6.07 Å². The van der Waals surface area contributed by atoms with Crippen LogP contribution in [0.2, 0.25) is 10.0 Å². The number of nitrogens with one attached hydrogen (secondary N) is 1. The van der Waals surface area contributed by atoms with Crippen molar-refractivity contribution in [1.82, 2.24) is 0 Å². The van der Waals surface area contributed by atoms with Crippen molar-refractivity contribution in [3.63, 3.8) is 0 Å². The molecule has 0 unspecified atom stereocenters. The minimum Gasteiger partial charge on any atom is -0.326 e. The van der Waals surface area contributed by atoms with Crippen molar-refractivity contribution in [2.45, 2.75) is 6.42 Å². The van der Waals surface area contributed by atoms with Crippen LogP contribution in [0.25, 0.3) is 0 Å². The van der Waals surface area contributed by atoms with Crippen molar-refractivity contribution in [1.29, 1.82) is 0 Å². The zero-order valence-electron chi connectivity index (χ0n) is 10.1. The summed E-state index contributed by atoms with van der Waals surface area (Å²) in [6.07, 6.45) is -0.0740. The maximum Gasteiger partial charge on any atom is 0.228 e. The Hall–Kier alpha value is -1.10. The van der Waals surface area contributed by atoms with Crippen LogP contribution in [0, 0.1) is 5.82 Å². The quantitative estimate of drug-likeness (QED) is 0.795. The van der Waals surface area contributed by atoms with Crippen LogP contribution in [0.4, 0.5) is 10.1 Å². The molecule has 0 bridgehead atoms. The lowest BCUT2D eigenvalue weighted by Crippen LogP contribution is -2.15. The van der Waals surface area contributed by atoms with Crippen LogP contribution < -0.4 is 5.32 Å². The topological polar surface area (TPSA) is 29.1 Å². The summed E-state index contributed by atoms with van der Waals surface area (Å²) in [7, 11) is 0. The number of hydrogen-bond acceptors (Lipinski definition) is 1. The van der Waals surface area contributed by atoms with Crippen molar-refractivity contribution in [3.05, 3.63) is 62.3 Å². The largest absolute Gasteiger partial charge is 0.326 e. The number of carbonyl (C=O) groups excluding carboxylic acids is 1. The van der Waals surface area contributed by atoms with Gasteiger partial charge >= 0.3 is 0 Å². The number of rotatable bonds is 3. The van der Waals surface area contributed by atoms with E-state index < -0.39 is 5.82 Å². The van der Waals surface area contributed by atoms with Gasteiger partial charge in [-0.2, -0.15) is 0 Å². The van der Waals surface area contributed by atoms with Gasteiger partial charge in [-0.15, -0.1) is 0 Å². The van der Waals surface area contributed by atoms with Crippen molar-refractivity contribution < 1.29 is 9.18 Å². The molecule has 0 aliphatic heterocycles. The fourth-order valence-electron chi connectivity index (χ4n) is 1.68. The maximum absolute atomic E-state index is 13.6. The van der Waals surface area contributed by atoms with Crippen LogP contribution in [-0.4, -0.2) is 5.91 Å². The molecule has 0 heterocycles. The Bertz CT molecular complexity index is 643. The Labute approximate surface area is 134 Å². The van der Waals surface area contributed by atoms with Crippen LogP contribution in [0.3, 0.4) is 0 Å². The average Bonchev–Trinajstić information content (AvgIpc) is 2.32. The van der Waals surface area contributed by atoms with Crippen LogP contribution in [0.1, 0.15) is 5.56 Å². The number of anilines is 1. The Kier molecular flexibility index (Phi) is 5.02. The molecule has 0 radical (unpaired) electrons. The minimum absolute atomic E-state index is 0.0740. The lowest BCUT2D eigenvalue weighted by atomic mass is 10.1. The Balaban J connectivity index is 2.11. The molecule has 2 nitrogen and oxygen atoms in total. The average molecular weight is 377 g/mol. The summed E-state index contributed by atoms with van der Waals surface area (Å²) < 4.78 is 14.3. The van der Waals surface area contributed by atoms with Crippen LogP contribution >= 0.6 is 39.1 Å². The van der Waals surface area contributed by atoms with Gasteiger partial charge in [0.1, 0.15) is 5.82 Å². The molecule has 0 saturated carbocycles. The number of halogens is 4. The standard InChI is InChI=1S/C14H9BrCl2FNO/c15-9-1-2-13(18)8(3-9)4-14(20)19-12-6-10(16)5-11(17)7-12/h1-3,5-7H,4H2,(H,19,20). The van der Waals surface area contributed by atoms with Gasteiger partial charge in [0.05, 0.1) is 6.42 Å². The third-order valence-corrected chi connectivity index (χ3v) is 3.43. The molecular formula is C14H9BrCl2FNO. The molecule has 2 aromatic carbocycles. The zero-order chi connectivity index (χ0) is 14.7. The Morgan fingerprint density at radius 2 is 1.80 bits per heavy atom. The first-order valence-electron chi connectivity index (χ1n) is 5.64. The molecule has 1 N–H and O–H groups in total. The number of carbonyl (C=O) groups is 1. The monoisotopic (exact) mass is 375 g/mol. The summed E-state index contributed by atoms with van der Waals surface area (Å²) in [5.74, 6) is -0.771. The van der Waals surface area contributed by atoms with Crippen molar-refractivity contribution in [3.8, 4) is 0 Å². The van der Waals surface area contributed by atoms with Crippen molar-refractivity contribution >= 4 is 50.7 Å². The van der Waals surface area contributed by atoms with Gasteiger partial charge in [-0.3, -0.25) is 4.79 Å². The van der Waals surface area contributed by atoms with Gasteiger partial charge in [0.25, 0.3) is 0 Å². The first-order valence-corrected chi connectivity index (χ1v) is 7.19. The smallest absolute Gasteiger partial charge is 0.228 e. The van der Waals surface area contributed by atoms with E-state index in [1.54, 1.807) is 30.3 Å². The predicted octanol–water partition coefficient (Wildman–Crippen LogP) is 5.08. The SMILES string of the molecule is O=C(Cc1cc(Br)ccc1F)Nc1cc(Cl)cc(Cl)c1. The van der Waals surface area contributed by atoms with E-state index in [1.807, 2.05) is 0 Å². The summed E-state index contributed by atoms with van der Waals surface area (Å²) in [6.45, 7) is 0. The van der Waals surface area contributed by atoms with Crippen LogP contribution in [0.15, 0.2) is 40.9 Å². The number of hydrogen-bond donors (Lipinski definition) is 1. The van der Waals surface area contributed by atoms with Gasteiger partial charge in [-0.05, 0) is 42.0 Å². The van der Waals surface area contributed by atoms with Crippen LogP contribution in [0.5, 0.6) is 0 Å². The molecule has 0 aliphatic rings. The number of benzene rings is 2. The summed E-state index contributed by atoms with van der Waals surface area (Å²) >= 11 is 14.9. The van der Waals surface area contributed by atoms with Crippen molar-refractivity contribution in [2.24, 2.45) is 0 Å². The second-order valence-electron chi connectivity index (χ2n) is 4.12. The minimum atomic E-state index is -0.424. The third kappa shape index (κ3) is 4.20. The van der Waals surface area contributed by atoms with Gasteiger partial charge in [-0.25, -0.2) is 4.39 Å². The summed E-state index contributed by atoms with van der Waals surface area (Å²) in [6, 6.07) is 9.16. The van der Waals surface area contributed by atoms with Gasteiger partial charge < -0.3 is 5.32 Å². The highest BCUT2D eigenvalue weighted by atomic mass is 79.9. The number of amides is 1. The highest BCUT2D eigenvalue weighted by Gasteiger charge is 2.10. The highest BCUT2D eigenvalue weighted by molar-refractivity contribution is 9.10. The Morgan fingerprint density at radius 3 is 2.45 bits per heavy atom. The first-order chi connectivity index (χ1) is 9.44. The molecule has 1 amide bonds. The second kappa shape index (κ2) is 6.57. The molecular weight excluding hydrogens is 368 g/mol. The van der Waals surface area contributed by atoms with Gasteiger partial charge in [0.15, 0.2) is 0 Å². The van der Waals surface area contributed by atoms with Gasteiger partial charge in [-0.1, -0.05) is 39.1 Å². The van der Waals surface area contributed by atoms with E-state index in [-0.39, 0.29) is 12.3 Å². The molecule has 0 fully saturated rings. The molecule has 2 rings (SSSR count). The predicted molar refractivity (Wildman–Crippen MR) is 82.9 cm³/mol. The van der Waals surface area contributed by atoms with E-state index >= 15 is 0 Å². The molecule has 2 aromatic rings. The van der Waals surface area contributed by atoms with Crippen molar-refractivity contribution in [2.75, 3.05) is 5.32 Å². The van der Waals surface area contributed by atoms with E-state index in [0.29, 0.717) is 25.8 Å². The second-order valence-corrected chi connectivity index (χ2v) is 5.91. The molecule has 0 aromatic heterocycles. The first kappa shape index (κ1) is 15.3. The van der Waals surface area contributed by atoms with E-state index in [9.17, 15) is 9.18 Å². The summed E-state index contributed by atoms with van der Waals surface area (Å²) in [5.41, 5.74) is 0.785. The van der Waals surface area contributed by atoms with E-state index in [2.05, 4.69) is 21.2 Å². The molecule has 0 aliphatic carbocycles. The van der Waals surface area contributed by atoms with Gasteiger partial charge in [0.2, 0.25) is 5.91 Å². The Morgan fingerprint density at radius 1 is 1.15 bits per heavy atom. The molecule has 6 heteroatoms. The highest BCUT2D eigenvalue weighted by Crippen LogP contribution is 2.23. The molecule has 104 valence electrons. The summed E-state index contributed by atoms with van der Waals surface area (Å²) in [5, 5.41) is 3.46. The van der Waals surface area contributed by atoms with Crippen LogP contribution in [-0.2, 0) is 11.2 Å². The molecule has 0 spiro atoms. The zero-order valence-corrected chi connectivity index (χ0v) is 13.2. The molecule has 0 saturated heterocycles. The fraction of sp³-hybridized carbons (Fsp3) is 0.0714.